The van der Waals surface area contributed by atoms with E-state index in [1.807, 2.05) is 4.90 Å². The van der Waals surface area contributed by atoms with Crippen LogP contribution in [0.5, 0.6) is 0 Å². The van der Waals surface area contributed by atoms with Gasteiger partial charge in [-0.05, 0) is 31.0 Å². The second kappa shape index (κ2) is 6.82. The summed E-state index contributed by atoms with van der Waals surface area (Å²) < 4.78 is 27.8. The fourth-order valence-electron chi connectivity index (χ4n) is 2.66. The topological polar surface area (TPSA) is 75.2 Å². The van der Waals surface area contributed by atoms with Crippen molar-refractivity contribution in [2.45, 2.75) is 23.8 Å². The molecule has 1 atom stereocenters. The van der Waals surface area contributed by atoms with Crippen molar-refractivity contribution in [3.05, 3.63) is 47.7 Å². The molecule has 1 saturated heterocycles. The van der Waals surface area contributed by atoms with E-state index in [2.05, 4.69) is 14.7 Å². The summed E-state index contributed by atoms with van der Waals surface area (Å²) in [6.45, 7) is 1.35. The molecule has 1 aromatic carbocycles. The van der Waals surface area contributed by atoms with Crippen molar-refractivity contribution in [2.75, 3.05) is 18.0 Å². The van der Waals surface area contributed by atoms with Gasteiger partial charge in [0.25, 0.3) is 0 Å². The summed E-state index contributed by atoms with van der Waals surface area (Å²) in [7, 11) is -3.65. The first-order valence-electron chi connectivity index (χ1n) is 7.35. The Hall–Kier alpha value is -1.70. The SMILES string of the molecule is O=S(=O)(NC1CCCN(c2ncccn2)C1)c1ccccc1Cl. The number of aromatic nitrogens is 2. The lowest BCUT2D eigenvalue weighted by Gasteiger charge is -2.32. The van der Waals surface area contributed by atoms with Gasteiger partial charge in [-0.15, -0.1) is 0 Å². The van der Waals surface area contributed by atoms with Gasteiger partial charge in [0.1, 0.15) is 4.90 Å². The highest BCUT2D eigenvalue weighted by atomic mass is 35.5. The second-order valence-electron chi connectivity index (χ2n) is 5.39. The van der Waals surface area contributed by atoms with Crippen molar-refractivity contribution >= 4 is 27.6 Å². The van der Waals surface area contributed by atoms with Crippen molar-refractivity contribution in [2.24, 2.45) is 0 Å². The first kappa shape index (κ1) is 16.2. The third-order valence-electron chi connectivity index (χ3n) is 3.70. The first-order chi connectivity index (χ1) is 11.1. The van der Waals surface area contributed by atoms with Crippen molar-refractivity contribution < 1.29 is 8.42 Å². The van der Waals surface area contributed by atoms with Gasteiger partial charge in [-0.2, -0.15) is 0 Å². The standard InChI is InChI=1S/C15H17ClN4O2S/c16-13-6-1-2-7-14(13)23(21,22)19-12-5-3-10-20(11-12)15-17-8-4-9-18-15/h1-2,4,6-9,12,19H,3,5,10-11H2. The summed E-state index contributed by atoms with van der Waals surface area (Å²) in [4.78, 5) is 10.5. The zero-order valence-electron chi connectivity index (χ0n) is 12.4. The van der Waals surface area contributed by atoms with Crippen LogP contribution in [0.25, 0.3) is 0 Å². The number of hydrogen-bond acceptors (Lipinski definition) is 5. The number of anilines is 1. The van der Waals surface area contributed by atoms with Crippen molar-refractivity contribution in [1.29, 1.82) is 0 Å². The molecule has 0 amide bonds. The predicted octanol–water partition coefficient (Wildman–Crippen LogP) is 2.08. The summed E-state index contributed by atoms with van der Waals surface area (Å²) in [5.74, 6) is 0.620. The molecule has 2 aromatic rings. The Labute approximate surface area is 140 Å². The smallest absolute Gasteiger partial charge is 0.242 e. The van der Waals surface area contributed by atoms with E-state index in [0.717, 1.165) is 19.4 Å². The normalized spacial score (nSPS) is 18.8. The van der Waals surface area contributed by atoms with E-state index in [0.29, 0.717) is 12.5 Å². The van der Waals surface area contributed by atoms with Crippen LogP contribution >= 0.6 is 11.6 Å². The monoisotopic (exact) mass is 352 g/mol. The average Bonchev–Trinajstić information content (AvgIpc) is 2.56. The minimum atomic E-state index is -3.65. The molecule has 1 unspecified atom stereocenters. The van der Waals surface area contributed by atoms with Crippen LogP contribution < -0.4 is 9.62 Å². The molecule has 0 aliphatic carbocycles. The third-order valence-corrected chi connectivity index (χ3v) is 5.72. The van der Waals surface area contributed by atoms with E-state index < -0.39 is 10.0 Å². The van der Waals surface area contributed by atoms with Crippen LogP contribution in [-0.2, 0) is 10.0 Å². The lowest BCUT2D eigenvalue weighted by molar-refractivity contribution is 0.461. The van der Waals surface area contributed by atoms with Gasteiger partial charge in [0.2, 0.25) is 16.0 Å². The molecule has 23 heavy (non-hydrogen) atoms. The fraction of sp³-hybridized carbons (Fsp3) is 0.333. The van der Waals surface area contributed by atoms with Crippen LogP contribution in [0.1, 0.15) is 12.8 Å². The summed E-state index contributed by atoms with van der Waals surface area (Å²) in [6.07, 6.45) is 5.00. The molecule has 3 rings (SSSR count). The number of benzene rings is 1. The van der Waals surface area contributed by atoms with E-state index in [9.17, 15) is 8.42 Å². The minimum Gasteiger partial charge on any atom is -0.339 e. The number of nitrogens with zero attached hydrogens (tertiary/aromatic N) is 3. The predicted molar refractivity (Wildman–Crippen MR) is 89.0 cm³/mol. The Morgan fingerprint density at radius 3 is 2.65 bits per heavy atom. The zero-order valence-corrected chi connectivity index (χ0v) is 14.0. The minimum absolute atomic E-state index is 0.106. The van der Waals surface area contributed by atoms with Crippen LogP contribution in [0.15, 0.2) is 47.6 Å². The number of sulfonamides is 1. The summed E-state index contributed by atoms with van der Waals surface area (Å²) in [6, 6.07) is 7.99. The third kappa shape index (κ3) is 3.80. The fourth-order valence-corrected chi connectivity index (χ4v) is 4.44. The van der Waals surface area contributed by atoms with E-state index in [1.54, 1.807) is 36.7 Å². The van der Waals surface area contributed by atoms with E-state index in [1.165, 1.54) is 6.07 Å². The van der Waals surface area contributed by atoms with Gasteiger partial charge in [0.15, 0.2) is 0 Å². The lowest BCUT2D eigenvalue weighted by Crippen LogP contribution is -2.48. The molecule has 0 saturated carbocycles. The number of rotatable bonds is 4. The Kier molecular flexibility index (Phi) is 4.79. The summed E-state index contributed by atoms with van der Waals surface area (Å²) >= 11 is 6.00. The van der Waals surface area contributed by atoms with E-state index >= 15 is 0 Å². The molecule has 1 aromatic heterocycles. The molecular weight excluding hydrogens is 336 g/mol. The number of halogens is 1. The molecule has 6 nitrogen and oxygen atoms in total. The molecule has 0 spiro atoms. The van der Waals surface area contributed by atoms with Crippen LogP contribution in [-0.4, -0.2) is 37.5 Å². The van der Waals surface area contributed by atoms with Gasteiger partial charge in [-0.3, -0.25) is 0 Å². The molecule has 0 radical (unpaired) electrons. The van der Waals surface area contributed by atoms with Gasteiger partial charge in [0.05, 0.1) is 5.02 Å². The van der Waals surface area contributed by atoms with E-state index in [-0.39, 0.29) is 16.0 Å². The highest BCUT2D eigenvalue weighted by molar-refractivity contribution is 7.89. The maximum absolute atomic E-state index is 12.5. The largest absolute Gasteiger partial charge is 0.339 e. The quantitative estimate of drug-likeness (QED) is 0.911. The van der Waals surface area contributed by atoms with Crippen molar-refractivity contribution in [3.63, 3.8) is 0 Å². The molecule has 0 bridgehead atoms. The molecule has 1 fully saturated rings. The number of hydrogen-bond donors (Lipinski definition) is 1. The van der Waals surface area contributed by atoms with Crippen LogP contribution in [0, 0.1) is 0 Å². The highest BCUT2D eigenvalue weighted by Crippen LogP contribution is 2.22. The van der Waals surface area contributed by atoms with Gasteiger partial charge in [-0.25, -0.2) is 23.1 Å². The van der Waals surface area contributed by atoms with Gasteiger partial charge in [-0.1, -0.05) is 23.7 Å². The average molecular weight is 353 g/mol. The first-order valence-corrected chi connectivity index (χ1v) is 9.21. The Morgan fingerprint density at radius 1 is 1.17 bits per heavy atom. The van der Waals surface area contributed by atoms with Gasteiger partial charge >= 0.3 is 0 Å². The number of piperidine rings is 1. The van der Waals surface area contributed by atoms with Crippen molar-refractivity contribution in [3.8, 4) is 0 Å². The molecule has 2 heterocycles. The maximum Gasteiger partial charge on any atom is 0.242 e. The Morgan fingerprint density at radius 2 is 1.91 bits per heavy atom. The van der Waals surface area contributed by atoms with Crippen LogP contribution in [0.3, 0.4) is 0 Å². The number of nitrogens with one attached hydrogen (secondary N) is 1. The highest BCUT2D eigenvalue weighted by Gasteiger charge is 2.27. The van der Waals surface area contributed by atoms with Gasteiger partial charge in [0, 0.05) is 31.5 Å². The summed E-state index contributed by atoms with van der Waals surface area (Å²) in [5.41, 5.74) is 0. The molecular formula is C15H17ClN4O2S. The lowest BCUT2D eigenvalue weighted by atomic mass is 10.1. The van der Waals surface area contributed by atoms with E-state index in [4.69, 9.17) is 11.6 Å². The molecule has 1 aliphatic rings. The van der Waals surface area contributed by atoms with Crippen LogP contribution in [0.4, 0.5) is 5.95 Å². The van der Waals surface area contributed by atoms with Crippen LogP contribution in [0.2, 0.25) is 5.02 Å². The van der Waals surface area contributed by atoms with Crippen molar-refractivity contribution in [1.82, 2.24) is 14.7 Å². The second-order valence-corrected chi connectivity index (χ2v) is 7.48. The summed E-state index contributed by atoms with van der Waals surface area (Å²) in [5, 5.41) is 0.221. The Bertz CT molecular complexity index is 770. The molecule has 1 N–H and O–H groups in total. The maximum atomic E-state index is 12.5. The zero-order chi connectivity index (χ0) is 16.3. The molecule has 122 valence electrons. The molecule has 8 heteroatoms. The molecule has 1 aliphatic heterocycles. The Balaban J connectivity index is 1.74. The van der Waals surface area contributed by atoms with Gasteiger partial charge < -0.3 is 4.90 Å².